The van der Waals surface area contributed by atoms with Crippen LogP contribution in [-0.2, 0) is 0 Å². The molecule has 86 valence electrons. The van der Waals surface area contributed by atoms with E-state index < -0.39 is 0 Å². The fourth-order valence-corrected chi connectivity index (χ4v) is 1.46. The minimum atomic E-state index is 0.0884. The van der Waals surface area contributed by atoms with Crippen LogP contribution in [0.5, 0.6) is 0 Å². The lowest BCUT2D eigenvalue weighted by molar-refractivity contribution is 0.0797. The van der Waals surface area contributed by atoms with Gasteiger partial charge in [-0.25, -0.2) is 0 Å². The third-order valence-corrected chi connectivity index (χ3v) is 2.40. The molecule has 1 rings (SSSR count). The number of hydrogen-bond donors (Lipinski definition) is 0. The van der Waals surface area contributed by atoms with Gasteiger partial charge in [-0.15, -0.1) is 0 Å². The molecule has 2 nitrogen and oxygen atoms in total. The molecular weight excluding hydrogens is 198 g/mol. The van der Waals surface area contributed by atoms with Crippen molar-refractivity contribution in [3.05, 3.63) is 48.0 Å². The van der Waals surface area contributed by atoms with Gasteiger partial charge in [-0.05, 0) is 25.0 Å². The maximum Gasteiger partial charge on any atom is 0.253 e. The molecule has 0 saturated carbocycles. The van der Waals surface area contributed by atoms with Crippen LogP contribution in [-0.4, -0.2) is 24.4 Å². The molecular formula is C14H19NO. The first-order chi connectivity index (χ1) is 7.75. The van der Waals surface area contributed by atoms with E-state index in [-0.39, 0.29) is 5.91 Å². The lowest BCUT2D eigenvalue weighted by Gasteiger charge is -2.15. The van der Waals surface area contributed by atoms with Gasteiger partial charge < -0.3 is 4.90 Å². The van der Waals surface area contributed by atoms with Gasteiger partial charge in [0, 0.05) is 19.2 Å². The first kappa shape index (κ1) is 12.5. The third-order valence-electron chi connectivity index (χ3n) is 2.40. The number of benzene rings is 1. The Bertz CT molecular complexity index is 343. The summed E-state index contributed by atoms with van der Waals surface area (Å²) >= 11 is 0. The zero-order chi connectivity index (χ0) is 11.8. The molecule has 0 saturated heterocycles. The highest BCUT2D eigenvalue weighted by Gasteiger charge is 2.09. The highest BCUT2D eigenvalue weighted by molar-refractivity contribution is 5.93. The summed E-state index contributed by atoms with van der Waals surface area (Å²) in [7, 11) is 1.84. The predicted octanol–water partition coefficient (Wildman–Crippen LogP) is 3.11. The second-order valence-corrected chi connectivity index (χ2v) is 3.76. The summed E-state index contributed by atoms with van der Waals surface area (Å²) in [4.78, 5) is 13.7. The van der Waals surface area contributed by atoms with E-state index in [0.29, 0.717) is 0 Å². The Morgan fingerprint density at radius 2 is 1.94 bits per heavy atom. The number of carbonyl (C=O) groups is 1. The van der Waals surface area contributed by atoms with Gasteiger partial charge in [-0.1, -0.05) is 37.3 Å². The molecule has 0 aliphatic rings. The van der Waals surface area contributed by atoms with Crippen molar-refractivity contribution in [1.82, 2.24) is 4.90 Å². The molecule has 0 aliphatic carbocycles. The van der Waals surface area contributed by atoms with E-state index in [9.17, 15) is 4.79 Å². The number of carbonyl (C=O) groups excluding carboxylic acids is 1. The topological polar surface area (TPSA) is 20.3 Å². The molecule has 0 aliphatic heterocycles. The van der Waals surface area contributed by atoms with Crippen molar-refractivity contribution in [3.8, 4) is 0 Å². The minimum Gasteiger partial charge on any atom is -0.341 e. The van der Waals surface area contributed by atoms with Gasteiger partial charge in [0.05, 0.1) is 0 Å². The summed E-state index contributed by atoms with van der Waals surface area (Å²) in [6, 6.07) is 9.39. The van der Waals surface area contributed by atoms with Crippen LogP contribution in [0.1, 0.15) is 30.1 Å². The molecule has 0 bridgehead atoms. The summed E-state index contributed by atoms with van der Waals surface area (Å²) in [5, 5.41) is 0. The molecule has 1 aromatic carbocycles. The van der Waals surface area contributed by atoms with Gasteiger partial charge in [0.15, 0.2) is 0 Å². The highest BCUT2D eigenvalue weighted by Crippen LogP contribution is 2.03. The summed E-state index contributed by atoms with van der Waals surface area (Å²) < 4.78 is 0. The monoisotopic (exact) mass is 217 g/mol. The fraction of sp³-hybridized carbons (Fsp3) is 0.357. The van der Waals surface area contributed by atoms with Crippen molar-refractivity contribution in [1.29, 1.82) is 0 Å². The van der Waals surface area contributed by atoms with E-state index in [4.69, 9.17) is 0 Å². The quantitative estimate of drug-likeness (QED) is 0.694. The molecule has 0 N–H and O–H groups in total. The second kappa shape index (κ2) is 6.83. The number of nitrogens with zero attached hydrogens (tertiary/aromatic N) is 1. The van der Waals surface area contributed by atoms with E-state index in [2.05, 4.69) is 19.1 Å². The molecule has 0 unspecified atom stereocenters. The van der Waals surface area contributed by atoms with Gasteiger partial charge in [0.1, 0.15) is 0 Å². The lowest BCUT2D eigenvalue weighted by atomic mass is 10.2. The number of amides is 1. The average Bonchev–Trinajstić information content (AvgIpc) is 2.34. The molecule has 0 aromatic heterocycles. The normalized spacial score (nSPS) is 10.6. The fourth-order valence-electron chi connectivity index (χ4n) is 1.46. The Kier molecular flexibility index (Phi) is 5.34. The van der Waals surface area contributed by atoms with Crippen LogP contribution in [0.2, 0.25) is 0 Å². The molecule has 0 spiro atoms. The summed E-state index contributed by atoms with van der Waals surface area (Å²) in [5.41, 5.74) is 0.754. The van der Waals surface area contributed by atoms with Crippen LogP contribution < -0.4 is 0 Å². The zero-order valence-corrected chi connectivity index (χ0v) is 10.0. The van der Waals surface area contributed by atoms with E-state index >= 15 is 0 Å². The summed E-state index contributed by atoms with van der Waals surface area (Å²) in [6.07, 6.45) is 6.22. The smallest absolute Gasteiger partial charge is 0.253 e. The van der Waals surface area contributed by atoms with E-state index in [1.165, 1.54) is 0 Å². The molecule has 1 aromatic rings. The predicted molar refractivity (Wildman–Crippen MR) is 67.5 cm³/mol. The molecule has 0 atom stereocenters. The van der Waals surface area contributed by atoms with Crippen LogP contribution in [0.15, 0.2) is 42.5 Å². The Balaban J connectivity index is 2.45. The van der Waals surface area contributed by atoms with Crippen LogP contribution in [0.4, 0.5) is 0 Å². The van der Waals surface area contributed by atoms with Crippen LogP contribution in [0.25, 0.3) is 0 Å². The first-order valence-corrected chi connectivity index (χ1v) is 5.71. The van der Waals surface area contributed by atoms with Gasteiger partial charge in [-0.3, -0.25) is 4.79 Å². The van der Waals surface area contributed by atoms with Crippen molar-refractivity contribution in [2.45, 2.75) is 19.8 Å². The Labute approximate surface area is 97.6 Å². The standard InChI is InChI=1S/C14H19NO/c1-3-4-5-9-12-15(2)14(16)13-10-7-6-8-11-13/h4-8,10-11H,3,9,12H2,1-2H3/b5-4+. The van der Waals surface area contributed by atoms with Crippen LogP contribution in [0.3, 0.4) is 0 Å². The van der Waals surface area contributed by atoms with Gasteiger partial charge in [0.25, 0.3) is 5.91 Å². The maximum atomic E-state index is 11.9. The lowest BCUT2D eigenvalue weighted by Crippen LogP contribution is -2.27. The molecule has 0 heterocycles. The molecule has 1 amide bonds. The van der Waals surface area contributed by atoms with Gasteiger partial charge in [0.2, 0.25) is 0 Å². The number of hydrogen-bond acceptors (Lipinski definition) is 1. The van der Waals surface area contributed by atoms with E-state index in [0.717, 1.165) is 24.9 Å². The minimum absolute atomic E-state index is 0.0884. The average molecular weight is 217 g/mol. The number of allylic oxidation sites excluding steroid dienone is 1. The molecule has 0 fully saturated rings. The molecule has 2 heteroatoms. The largest absolute Gasteiger partial charge is 0.341 e. The molecule has 16 heavy (non-hydrogen) atoms. The Morgan fingerprint density at radius 3 is 2.56 bits per heavy atom. The summed E-state index contributed by atoms with van der Waals surface area (Å²) in [6.45, 7) is 2.87. The first-order valence-electron chi connectivity index (χ1n) is 5.71. The van der Waals surface area contributed by atoms with Crippen LogP contribution in [0, 0.1) is 0 Å². The SMILES string of the molecule is CC/C=C/CCN(C)C(=O)c1ccccc1. The van der Waals surface area contributed by atoms with Gasteiger partial charge >= 0.3 is 0 Å². The van der Waals surface area contributed by atoms with Crippen molar-refractivity contribution >= 4 is 5.91 Å². The van der Waals surface area contributed by atoms with Crippen molar-refractivity contribution in [2.75, 3.05) is 13.6 Å². The number of rotatable bonds is 5. The van der Waals surface area contributed by atoms with Crippen molar-refractivity contribution in [3.63, 3.8) is 0 Å². The molecule has 0 radical (unpaired) electrons. The van der Waals surface area contributed by atoms with E-state index in [1.54, 1.807) is 4.90 Å². The van der Waals surface area contributed by atoms with Crippen LogP contribution >= 0.6 is 0 Å². The zero-order valence-electron chi connectivity index (χ0n) is 10.0. The van der Waals surface area contributed by atoms with E-state index in [1.807, 2.05) is 37.4 Å². The van der Waals surface area contributed by atoms with Crippen molar-refractivity contribution < 1.29 is 4.79 Å². The van der Waals surface area contributed by atoms with Crippen molar-refractivity contribution in [2.24, 2.45) is 0 Å². The maximum absolute atomic E-state index is 11.9. The third kappa shape index (κ3) is 3.89. The Hall–Kier alpha value is -1.57. The summed E-state index contributed by atoms with van der Waals surface area (Å²) in [5.74, 6) is 0.0884. The van der Waals surface area contributed by atoms with Gasteiger partial charge in [-0.2, -0.15) is 0 Å². The Morgan fingerprint density at radius 1 is 1.25 bits per heavy atom. The second-order valence-electron chi connectivity index (χ2n) is 3.76. The highest BCUT2D eigenvalue weighted by atomic mass is 16.2.